The van der Waals surface area contributed by atoms with E-state index in [0.29, 0.717) is 5.92 Å². The average molecular weight is 374 g/mol. The van der Waals surface area contributed by atoms with Crippen LogP contribution in [-0.4, -0.2) is 75.1 Å². The Hall–Kier alpha value is -0.540. The molecule has 0 amide bonds. The van der Waals surface area contributed by atoms with E-state index in [9.17, 15) is 25.5 Å². The van der Waals surface area contributed by atoms with Crippen LogP contribution in [0.5, 0.6) is 0 Å². The number of hydrogen-bond donors (Lipinski definition) is 5. The van der Waals surface area contributed by atoms with Crippen molar-refractivity contribution in [2.45, 2.75) is 83.5 Å². The minimum atomic E-state index is -1.44. The average Bonchev–Trinajstić information content (AvgIpc) is 2.53. The Bertz CT molecular complexity index is 479. The Balaban J connectivity index is 1.99. The fourth-order valence-corrected chi connectivity index (χ4v) is 4.34. The van der Waals surface area contributed by atoms with Gasteiger partial charge in [-0.3, -0.25) is 0 Å². The number of hydrogen-bond acceptors (Lipinski definition) is 7. The van der Waals surface area contributed by atoms with E-state index < -0.39 is 43.4 Å². The largest absolute Gasteiger partial charge is 0.394 e. The van der Waals surface area contributed by atoms with Gasteiger partial charge in [0.05, 0.1) is 18.8 Å². The Kier molecular flexibility index (Phi) is 7.23. The lowest BCUT2D eigenvalue weighted by Crippen LogP contribution is -2.59. The number of rotatable bonds is 5. The van der Waals surface area contributed by atoms with Gasteiger partial charge in [0.15, 0.2) is 6.29 Å². The summed E-state index contributed by atoms with van der Waals surface area (Å²) in [6.45, 7) is 7.73. The zero-order valence-electron chi connectivity index (χ0n) is 16.0. The van der Waals surface area contributed by atoms with Gasteiger partial charge in [0.2, 0.25) is 0 Å². The molecule has 0 unspecified atom stereocenters. The molecule has 0 spiro atoms. The van der Waals surface area contributed by atoms with Gasteiger partial charge in [-0.05, 0) is 37.0 Å². The van der Waals surface area contributed by atoms with Crippen LogP contribution in [0.15, 0.2) is 12.2 Å². The predicted molar refractivity (Wildman–Crippen MR) is 95.1 cm³/mol. The summed E-state index contributed by atoms with van der Waals surface area (Å²) in [6.07, 6.45) is -1.53. The quantitative estimate of drug-likeness (QED) is 0.436. The molecule has 1 saturated carbocycles. The van der Waals surface area contributed by atoms with Crippen LogP contribution in [-0.2, 0) is 9.47 Å². The van der Waals surface area contributed by atoms with Crippen LogP contribution < -0.4 is 0 Å². The molecule has 0 aromatic rings. The van der Waals surface area contributed by atoms with Crippen LogP contribution in [0.1, 0.15) is 40.5 Å². The van der Waals surface area contributed by atoms with Crippen molar-refractivity contribution in [3.63, 3.8) is 0 Å². The second-order valence-corrected chi connectivity index (χ2v) is 8.51. The molecule has 7 nitrogen and oxygen atoms in total. The molecule has 26 heavy (non-hydrogen) atoms. The van der Waals surface area contributed by atoms with Crippen molar-refractivity contribution in [1.29, 1.82) is 0 Å². The first-order valence-corrected chi connectivity index (χ1v) is 9.39. The molecule has 9 atom stereocenters. The van der Waals surface area contributed by atoms with E-state index in [-0.39, 0.29) is 17.4 Å². The minimum Gasteiger partial charge on any atom is -0.394 e. The molecule has 152 valence electrons. The Morgan fingerprint density at radius 3 is 2.38 bits per heavy atom. The fourth-order valence-electron chi connectivity index (χ4n) is 4.34. The minimum absolute atomic E-state index is 0.0313. The first-order valence-electron chi connectivity index (χ1n) is 9.39. The summed E-state index contributed by atoms with van der Waals surface area (Å²) in [5, 5.41) is 48.9. The number of aliphatic hydroxyl groups excluding tert-OH is 5. The molecule has 0 radical (unpaired) electrons. The van der Waals surface area contributed by atoms with Crippen molar-refractivity contribution in [1.82, 2.24) is 0 Å². The summed E-state index contributed by atoms with van der Waals surface area (Å²) in [6, 6.07) is 0. The highest BCUT2D eigenvalue weighted by atomic mass is 16.7. The summed E-state index contributed by atoms with van der Waals surface area (Å²) in [4.78, 5) is 0. The van der Waals surface area contributed by atoms with E-state index in [1.165, 1.54) is 0 Å². The lowest BCUT2D eigenvalue weighted by Gasteiger charge is -2.44. The summed E-state index contributed by atoms with van der Waals surface area (Å²) >= 11 is 0. The van der Waals surface area contributed by atoms with Crippen LogP contribution in [0.4, 0.5) is 0 Å². The summed E-state index contributed by atoms with van der Waals surface area (Å²) < 4.78 is 11.0. The predicted octanol–water partition coefficient (Wildman–Crippen LogP) is 0.181. The highest BCUT2D eigenvalue weighted by Crippen LogP contribution is 2.44. The molecule has 5 N–H and O–H groups in total. The molecule has 0 bridgehead atoms. The third kappa shape index (κ3) is 4.84. The van der Waals surface area contributed by atoms with Gasteiger partial charge in [-0.15, -0.1) is 0 Å². The fraction of sp³-hybridized carbons (Fsp3) is 0.895. The SMILES string of the molecule is C[C@H](/C=C/[C@H]1[C@H](C)C[C@H](O)CC1(C)C)O[C@@H]1O[C@H](CO)[C@@H](O)[C@@H](O)[C@H]1O. The maximum absolute atomic E-state index is 10.0. The summed E-state index contributed by atoms with van der Waals surface area (Å²) in [5.74, 6) is 0.621. The third-order valence-corrected chi connectivity index (χ3v) is 5.71. The Labute approximate surface area is 155 Å². The Morgan fingerprint density at radius 1 is 1.15 bits per heavy atom. The Morgan fingerprint density at radius 2 is 1.81 bits per heavy atom. The van der Waals surface area contributed by atoms with Gasteiger partial charge in [0, 0.05) is 0 Å². The number of allylic oxidation sites excluding steroid dienone is 1. The second kappa shape index (κ2) is 8.65. The van der Waals surface area contributed by atoms with Crippen LogP contribution in [0.3, 0.4) is 0 Å². The topological polar surface area (TPSA) is 120 Å². The van der Waals surface area contributed by atoms with Gasteiger partial charge in [-0.2, -0.15) is 0 Å². The van der Waals surface area contributed by atoms with Gasteiger partial charge in [0.25, 0.3) is 0 Å². The van der Waals surface area contributed by atoms with Crippen molar-refractivity contribution < 1.29 is 35.0 Å². The maximum Gasteiger partial charge on any atom is 0.187 e. The van der Waals surface area contributed by atoms with Crippen molar-refractivity contribution in [2.24, 2.45) is 17.3 Å². The monoisotopic (exact) mass is 374 g/mol. The van der Waals surface area contributed by atoms with Crippen LogP contribution in [0.25, 0.3) is 0 Å². The van der Waals surface area contributed by atoms with Gasteiger partial charge >= 0.3 is 0 Å². The maximum atomic E-state index is 10.0. The third-order valence-electron chi connectivity index (χ3n) is 5.71. The van der Waals surface area contributed by atoms with Crippen molar-refractivity contribution in [2.75, 3.05) is 6.61 Å². The molecular formula is C19H34O7. The van der Waals surface area contributed by atoms with Crippen molar-refractivity contribution in [3.05, 3.63) is 12.2 Å². The smallest absolute Gasteiger partial charge is 0.187 e. The first-order chi connectivity index (χ1) is 12.1. The van der Waals surface area contributed by atoms with Gasteiger partial charge in [0.1, 0.15) is 24.4 Å². The first kappa shape index (κ1) is 21.8. The van der Waals surface area contributed by atoms with E-state index in [0.717, 1.165) is 12.8 Å². The summed E-state index contributed by atoms with van der Waals surface area (Å²) in [5.41, 5.74) is -0.0313. The standard InChI is InChI=1S/C19H34O7/c1-10-7-12(21)8-19(3,4)13(10)6-5-11(2)25-18-17(24)16(23)15(22)14(9-20)26-18/h5-6,10-18,20-24H,7-9H2,1-4H3/b6-5+/t10-,11-,12+,13+,14-,15-,16-,17-,18-/m1/s1. The molecule has 1 saturated heterocycles. The van der Waals surface area contributed by atoms with Crippen LogP contribution in [0, 0.1) is 17.3 Å². The highest BCUT2D eigenvalue weighted by molar-refractivity contribution is 5.03. The number of ether oxygens (including phenoxy) is 2. The molecular weight excluding hydrogens is 340 g/mol. The lowest BCUT2D eigenvalue weighted by molar-refractivity contribution is -0.306. The van der Waals surface area contributed by atoms with Crippen LogP contribution >= 0.6 is 0 Å². The van der Waals surface area contributed by atoms with E-state index in [4.69, 9.17) is 9.47 Å². The molecule has 1 heterocycles. The van der Waals surface area contributed by atoms with Crippen molar-refractivity contribution >= 4 is 0 Å². The van der Waals surface area contributed by atoms with Gasteiger partial charge in [-0.1, -0.05) is 32.9 Å². The molecule has 2 fully saturated rings. The molecule has 1 aliphatic heterocycles. The number of aliphatic hydroxyl groups is 5. The normalized spacial score (nSPS) is 45.0. The van der Waals surface area contributed by atoms with Gasteiger partial charge in [-0.25, -0.2) is 0 Å². The van der Waals surface area contributed by atoms with E-state index in [1.54, 1.807) is 6.92 Å². The summed E-state index contributed by atoms with van der Waals surface area (Å²) in [7, 11) is 0. The zero-order chi connectivity index (χ0) is 19.6. The highest BCUT2D eigenvalue weighted by Gasteiger charge is 2.44. The van der Waals surface area contributed by atoms with E-state index in [1.807, 2.05) is 6.08 Å². The lowest BCUT2D eigenvalue weighted by atomic mass is 9.63. The van der Waals surface area contributed by atoms with Crippen molar-refractivity contribution in [3.8, 4) is 0 Å². The van der Waals surface area contributed by atoms with Crippen LogP contribution in [0.2, 0.25) is 0 Å². The molecule has 2 aliphatic rings. The molecule has 7 heteroatoms. The molecule has 2 rings (SSSR count). The molecule has 1 aliphatic carbocycles. The van der Waals surface area contributed by atoms with E-state index >= 15 is 0 Å². The molecule has 0 aromatic heterocycles. The second-order valence-electron chi connectivity index (χ2n) is 8.51. The van der Waals surface area contributed by atoms with E-state index in [2.05, 4.69) is 26.8 Å². The van der Waals surface area contributed by atoms with Gasteiger partial charge < -0.3 is 35.0 Å². The molecule has 0 aromatic carbocycles. The zero-order valence-corrected chi connectivity index (χ0v) is 16.0.